The van der Waals surface area contributed by atoms with Crippen molar-refractivity contribution in [2.45, 2.75) is 31.1 Å². The number of rotatable bonds is 6. The number of piperidine rings is 1. The van der Waals surface area contributed by atoms with Crippen LogP contribution in [0.25, 0.3) is 0 Å². The molecule has 1 aliphatic heterocycles. The highest BCUT2D eigenvalue weighted by atomic mass is 16.5. The third-order valence-corrected chi connectivity index (χ3v) is 6.16. The van der Waals surface area contributed by atoms with E-state index in [-0.39, 0.29) is 23.7 Å². The van der Waals surface area contributed by atoms with Gasteiger partial charge in [0.15, 0.2) is 0 Å². The number of nitriles is 1. The average molecular weight is 396 g/mol. The fraction of sp³-hybridized carbons (Fsp3) is 0.522. The van der Waals surface area contributed by atoms with E-state index < -0.39 is 5.41 Å². The maximum atomic E-state index is 13.2. The highest BCUT2D eigenvalue weighted by molar-refractivity contribution is 5.88. The van der Waals surface area contributed by atoms with E-state index in [1.54, 1.807) is 7.11 Å². The smallest absolute Gasteiger partial charge is 0.226 e. The summed E-state index contributed by atoms with van der Waals surface area (Å²) in [7, 11) is 1.59. The number of allylic oxidation sites excluding steroid dienone is 2. The zero-order valence-electron chi connectivity index (χ0n) is 17.0. The third-order valence-electron chi connectivity index (χ3n) is 6.16. The molecule has 29 heavy (non-hydrogen) atoms. The first-order chi connectivity index (χ1) is 14.1. The van der Waals surface area contributed by atoms with Crippen molar-refractivity contribution in [3.8, 4) is 6.07 Å². The van der Waals surface area contributed by atoms with Gasteiger partial charge in [-0.25, -0.2) is 0 Å². The van der Waals surface area contributed by atoms with Crippen LogP contribution in [0, 0.1) is 23.2 Å². The molecule has 1 aliphatic carbocycles. The third kappa shape index (κ3) is 4.68. The van der Waals surface area contributed by atoms with Crippen molar-refractivity contribution in [1.29, 1.82) is 5.26 Å². The lowest BCUT2D eigenvalue weighted by Crippen LogP contribution is -2.50. The Kier molecular flexibility index (Phi) is 7.05. The molecular weight excluding hydrogens is 366 g/mol. The Morgan fingerprint density at radius 2 is 1.83 bits per heavy atom. The zero-order valence-corrected chi connectivity index (χ0v) is 17.0. The lowest BCUT2D eigenvalue weighted by Gasteiger charge is -2.40. The molecule has 6 nitrogen and oxygen atoms in total. The van der Waals surface area contributed by atoms with Crippen molar-refractivity contribution in [1.82, 2.24) is 10.2 Å². The molecule has 0 spiro atoms. The Bertz CT molecular complexity index is 776. The number of carbonyl (C=O) groups is 2. The molecule has 0 bridgehead atoms. The molecule has 1 heterocycles. The van der Waals surface area contributed by atoms with Gasteiger partial charge in [-0.05, 0) is 31.2 Å². The molecule has 2 amide bonds. The second-order valence-electron chi connectivity index (χ2n) is 7.82. The van der Waals surface area contributed by atoms with Gasteiger partial charge in [-0.15, -0.1) is 0 Å². The summed E-state index contributed by atoms with van der Waals surface area (Å²) in [5, 5.41) is 12.7. The summed E-state index contributed by atoms with van der Waals surface area (Å²) in [6.45, 7) is 1.98. The van der Waals surface area contributed by atoms with Crippen LogP contribution in [0.3, 0.4) is 0 Å². The van der Waals surface area contributed by atoms with Crippen LogP contribution >= 0.6 is 0 Å². The van der Waals surface area contributed by atoms with Crippen molar-refractivity contribution < 1.29 is 14.3 Å². The molecule has 0 saturated carbocycles. The number of nitrogens with one attached hydrogen (secondary N) is 1. The molecule has 2 atom stereocenters. The maximum Gasteiger partial charge on any atom is 0.226 e. The molecule has 1 saturated heterocycles. The fourth-order valence-electron chi connectivity index (χ4n) is 4.35. The Morgan fingerprint density at radius 1 is 1.17 bits per heavy atom. The largest absolute Gasteiger partial charge is 0.383 e. The molecule has 6 heteroatoms. The van der Waals surface area contributed by atoms with E-state index in [1.165, 1.54) is 0 Å². The second kappa shape index (κ2) is 9.71. The first-order valence-corrected chi connectivity index (χ1v) is 10.3. The number of nitrogens with zero attached hydrogens (tertiary/aromatic N) is 2. The minimum absolute atomic E-state index is 0.0286. The predicted octanol–water partition coefficient (Wildman–Crippen LogP) is 2.42. The first-order valence-electron chi connectivity index (χ1n) is 10.3. The van der Waals surface area contributed by atoms with Crippen LogP contribution in [0.5, 0.6) is 0 Å². The quantitative estimate of drug-likeness (QED) is 0.592. The highest BCUT2D eigenvalue weighted by Gasteiger charge is 2.41. The van der Waals surface area contributed by atoms with Gasteiger partial charge in [0, 0.05) is 26.7 Å². The molecule has 3 rings (SSSR count). The summed E-state index contributed by atoms with van der Waals surface area (Å²) in [4.78, 5) is 27.7. The molecule has 2 aliphatic rings. The molecule has 2 unspecified atom stereocenters. The van der Waals surface area contributed by atoms with Crippen molar-refractivity contribution in [2.75, 3.05) is 33.4 Å². The monoisotopic (exact) mass is 395 g/mol. The number of benzene rings is 1. The minimum atomic E-state index is -0.540. The van der Waals surface area contributed by atoms with Gasteiger partial charge in [-0.2, -0.15) is 5.26 Å². The van der Waals surface area contributed by atoms with Gasteiger partial charge < -0.3 is 15.0 Å². The number of amides is 2. The summed E-state index contributed by atoms with van der Waals surface area (Å²) in [5.41, 5.74) is 0.479. The first kappa shape index (κ1) is 21.1. The Balaban J connectivity index is 1.65. The van der Waals surface area contributed by atoms with Crippen molar-refractivity contribution in [2.24, 2.45) is 11.8 Å². The lowest BCUT2D eigenvalue weighted by atomic mass is 9.73. The Hall–Kier alpha value is -2.65. The molecule has 0 radical (unpaired) electrons. The van der Waals surface area contributed by atoms with Gasteiger partial charge >= 0.3 is 0 Å². The molecule has 1 aromatic rings. The zero-order chi connectivity index (χ0) is 20.7. The summed E-state index contributed by atoms with van der Waals surface area (Å²) in [5.74, 6) is -0.742. The van der Waals surface area contributed by atoms with Gasteiger partial charge in [0.1, 0.15) is 0 Å². The van der Waals surface area contributed by atoms with E-state index in [4.69, 9.17) is 4.74 Å². The number of ether oxygens (including phenoxy) is 1. The Morgan fingerprint density at radius 3 is 2.45 bits per heavy atom. The van der Waals surface area contributed by atoms with Crippen LogP contribution < -0.4 is 5.32 Å². The van der Waals surface area contributed by atoms with E-state index in [9.17, 15) is 14.9 Å². The Labute approximate surface area is 172 Å². The number of hydrogen-bond donors (Lipinski definition) is 1. The van der Waals surface area contributed by atoms with E-state index in [0.29, 0.717) is 51.9 Å². The second-order valence-corrected chi connectivity index (χ2v) is 7.82. The van der Waals surface area contributed by atoms with Crippen LogP contribution in [-0.4, -0.2) is 50.1 Å². The van der Waals surface area contributed by atoms with Gasteiger partial charge in [0.05, 0.1) is 29.9 Å². The van der Waals surface area contributed by atoms with Crippen LogP contribution in [0.15, 0.2) is 42.5 Å². The average Bonchev–Trinajstić information content (AvgIpc) is 2.79. The maximum absolute atomic E-state index is 13.2. The number of carbonyl (C=O) groups excluding carboxylic acids is 2. The lowest BCUT2D eigenvalue weighted by molar-refractivity contribution is -0.143. The standard InChI is InChI=1S/C23H29N3O3/c1-29-16-13-25-21(27)19-9-5-6-10-20(19)22(28)26-14-11-23(17-24,12-15-26)18-7-3-2-4-8-18/h2-8,19-20H,9-16H2,1H3,(H,25,27). The van der Waals surface area contributed by atoms with Crippen molar-refractivity contribution in [3.63, 3.8) is 0 Å². The van der Waals surface area contributed by atoms with Gasteiger partial charge in [-0.3, -0.25) is 9.59 Å². The van der Waals surface area contributed by atoms with Crippen LogP contribution in [0.2, 0.25) is 0 Å². The summed E-state index contributed by atoms with van der Waals surface area (Å²) >= 11 is 0. The van der Waals surface area contributed by atoms with E-state index in [2.05, 4.69) is 11.4 Å². The summed E-state index contributed by atoms with van der Waals surface area (Å²) in [6, 6.07) is 12.3. The van der Waals surface area contributed by atoms with Crippen molar-refractivity contribution in [3.05, 3.63) is 48.0 Å². The van der Waals surface area contributed by atoms with Gasteiger partial charge in [0.25, 0.3) is 0 Å². The SMILES string of the molecule is COCCNC(=O)C1CC=CCC1C(=O)N1CCC(C#N)(c2ccccc2)CC1. The molecule has 154 valence electrons. The van der Waals surface area contributed by atoms with E-state index in [1.807, 2.05) is 47.4 Å². The summed E-state index contributed by atoms with van der Waals surface area (Å²) in [6.07, 6.45) is 6.37. The number of likely N-dealkylation sites (tertiary alicyclic amines) is 1. The molecule has 1 fully saturated rings. The molecule has 1 N–H and O–H groups in total. The topological polar surface area (TPSA) is 82.4 Å². The van der Waals surface area contributed by atoms with Gasteiger partial charge in [-0.1, -0.05) is 42.5 Å². The van der Waals surface area contributed by atoms with Crippen molar-refractivity contribution >= 4 is 11.8 Å². The molecule has 0 aromatic heterocycles. The minimum Gasteiger partial charge on any atom is -0.383 e. The molecule has 1 aromatic carbocycles. The van der Waals surface area contributed by atoms with E-state index in [0.717, 1.165) is 5.56 Å². The number of hydrogen-bond acceptors (Lipinski definition) is 4. The van der Waals surface area contributed by atoms with Crippen LogP contribution in [0.4, 0.5) is 0 Å². The summed E-state index contributed by atoms with van der Waals surface area (Å²) < 4.78 is 4.99. The predicted molar refractivity (Wildman–Crippen MR) is 110 cm³/mol. The highest BCUT2D eigenvalue weighted by Crippen LogP contribution is 2.36. The van der Waals surface area contributed by atoms with Gasteiger partial charge in [0.2, 0.25) is 11.8 Å². The number of methoxy groups -OCH3 is 1. The molecular formula is C23H29N3O3. The van der Waals surface area contributed by atoms with Crippen LogP contribution in [-0.2, 0) is 19.7 Å². The van der Waals surface area contributed by atoms with Crippen LogP contribution in [0.1, 0.15) is 31.2 Å². The fourth-order valence-corrected chi connectivity index (χ4v) is 4.35. The normalized spacial score (nSPS) is 23.2. The van der Waals surface area contributed by atoms with E-state index >= 15 is 0 Å².